The van der Waals surface area contributed by atoms with Gasteiger partial charge in [-0.2, -0.15) is 18.3 Å². The fraction of sp³-hybridized carbons (Fsp3) is 0.130. The lowest BCUT2D eigenvalue weighted by molar-refractivity contribution is -0.142. The summed E-state index contributed by atoms with van der Waals surface area (Å²) in [6.07, 6.45) is 2.01. The number of hydrogen-bond acceptors (Lipinski definition) is 5. The van der Waals surface area contributed by atoms with Gasteiger partial charge in [-0.15, -0.1) is 5.10 Å². The summed E-state index contributed by atoms with van der Waals surface area (Å²) in [5.74, 6) is 1.12. The number of alkyl halides is 3. The first-order valence-corrected chi connectivity index (χ1v) is 10.0. The minimum atomic E-state index is -4.37. The summed E-state index contributed by atoms with van der Waals surface area (Å²) < 4.78 is 47.2. The zero-order valence-corrected chi connectivity index (χ0v) is 17.1. The Kier molecular flexibility index (Phi) is 5.25. The predicted octanol–water partition coefficient (Wildman–Crippen LogP) is 4.80. The van der Waals surface area contributed by atoms with Crippen molar-refractivity contribution in [3.63, 3.8) is 0 Å². The van der Waals surface area contributed by atoms with Gasteiger partial charge in [0.15, 0.2) is 11.5 Å². The predicted molar refractivity (Wildman–Crippen MR) is 114 cm³/mol. The van der Waals surface area contributed by atoms with E-state index in [2.05, 4.69) is 20.2 Å². The van der Waals surface area contributed by atoms with E-state index in [-0.39, 0.29) is 6.61 Å². The normalized spacial score (nSPS) is 11.7. The lowest BCUT2D eigenvalue weighted by Gasteiger charge is -2.06. The van der Waals surface area contributed by atoms with E-state index in [0.717, 1.165) is 15.9 Å². The van der Waals surface area contributed by atoms with Crippen molar-refractivity contribution in [3.05, 3.63) is 85.2 Å². The molecule has 5 aromatic rings. The number of pyridine rings is 2. The zero-order valence-electron chi connectivity index (χ0n) is 17.1. The third kappa shape index (κ3) is 4.69. The van der Waals surface area contributed by atoms with Crippen LogP contribution < -0.4 is 4.74 Å². The molecule has 0 aliphatic rings. The molecule has 7 nitrogen and oxygen atoms in total. The van der Waals surface area contributed by atoms with E-state index < -0.39 is 12.7 Å². The maximum Gasteiger partial charge on any atom is 0.408 e. The fourth-order valence-corrected chi connectivity index (χ4v) is 3.44. The average molecular weight is 450 g/mol. The van der Waals surface area contributed by atoms with Gasteiger partial charge < -0.3 is 4.74 Å². The van der Waals surface area contributed by atoms with Gasteiger partial charge in [-0.1, -0.05) is 6.07 Å². The van der Waals surface area contributed by atoms with Crippen molar-refractivity contribution in [2.45, 2.75) is 19.3 Å². The Labute approximate surface area is 186 Å². The van der Waals surface area contributed by atoms with E-state index in [1.807, 2.05) is 18.2 Å². The molecule has 1 aromatic carbocycles. The molecule has 10 heteroatoms. The van der Waals surface area contributed by atoms with Crippen LogP contribution in [0.4, 0.5) is 13.2 Å². The molecule has 0 N–H and O–H groups in total. The zero-order chi connectivity index (χ0) is 22.8. The second-order valence-electron chi connectivity index (χ2n) is 7.28. The first kappa shape index (κ1) is 20.7. The van der Waals surface area contributed by atoms with Crippen LogP contribution in [-0.2, 0) is 13.2 Å². The Morgan fingerprint density at radius 1 is 0.879 bits per heavy atom. The third-order valence-electron chi connectivity index (χ3n) is 4.88. The summed E-state index contributed by atoms with van der Waals surface area (Å²) in [5, 5.41) is 8.54. The maximum absolute atomic E-state index is 12.9. The summed E-state index contributed by atoms with van der Waals surface area (Å²) in [5.41, 5.74) is 3.15. The van der Waals surface area contributed by atoms with Crippen molar-refractivity contribution in [3.8, 4) is 28.1 Å². The van der Waals surface area contributed by atoms with Crippen LogP contribution >= 0.6 is 0 Å². The molecule has 0 saturated carbocycles. The van der Waals surface area contributed by atoms with E-state index in [0.29, 0.717) is 28.4 Å². The lowest BCUT2D eigenvalue weighted by Crippen LogP contribution is -2.17. The molecule has 0 unspecified atom stereocenters. The topological polar surface area (TPSA) is 70.1 Å². The number of fused-ring (bicyclic) bond motifs is 1. The highest BCUT2D eigenvalue weighted by molar-refractivity contribution is 5.80. The molecule has 5 rings (SSSR count). The van der Waals surface area contributed by atoms with E-state index in [1.54, 1.807) is 59.5 Å². The number of aromatic nitrogens is 6. The number of hydrogen-bond donors (Lipinski definition) is 0. The number of halogens is 3. The summed E-state index contributed by atoms with van der Waals surface area (Å²) in [6, 6.07) is 16.1. The average Bonchev–Trinajstić information content (AvgIpc) is 3.41. The first-order chi connectivity index (χ1) is 15.9. The Balaban J connectivity index is 1.38. The largest absolute Gasteiger partial charge is 0.486 e. The van der Waals surface area contributed by atoms with Crippen molar-refractivity contribution in [2.24, 2.45) is 0 Å². The third-order valence-corrected chi connectivity index (χ3v) is 4.88. The Hall–Kier alpha value is -4.21. The summed E-state index contributed by atoms with van der Waals surface area (Å²) in [7, 11) is 0. The lowest BCUT2D eigenvalue weighted by atomic mass is 10.0. The van der Waals surface area contributed by atoms with Crippen LogP contribution in [-0.4, -0.2) is 35.5 Å². The molecule has 0 aliphatic carbocycles. The SMILES string of the molecule is FC(F)(F)Cn1cc(-c2ccncc2)c(-c2ccc(OCc3nc4ccccn4n3)cc2)n1. The molecule has 0 aliphatic heterocycles. The number of benzene rings is 1. The smallest absolute Gasteiger partial charge is 0.408 e. The van der Waals surface area contributed by atoms with Crippen molar-refractivity contribution >= 4 is 5.65 Å². The van der Waals surface area contributed by atoms with Crippen molar-refractivity contribution in [1.29, 1.82) is 0 Å². The van der Waals surface area contributed by atoms with Crippen molar-refractivity contribution in [2.75, 3.05) is 0 Å². The standard InChI is InChI=1S/C23H17F3N6O/c24-23(25,26)15-31-13-19(16-8-10-27-11-9-16)22(30-31)17-4-6-18(7-5-17)33-14-20-28-21-3-1-2-12-32(21)29-20/h1-13H,14-15H2. The summed E-state index contributed by atoms with van der Waals surface area (Å²) in [6.45, 7) is -0.984. The molecule has 0 atom stereocenters. The van der Waals surface area contributed by atoms with Gasteiger partial charge in [0, 0.05) is 35.9 Å². The van der Waals surface area contributed by atoms with Crippen LogP contribution in [0.25, 0.3) is 28.0 Å². The van der Waals surface area contributed by atoms with E-state index in [9.17, 15) is 13.2 Å². The minimum absolute atomic E-state index is 0.184. The van der Waals surface area contributed by atoms with Gasteiger partial charge >= 0.3 is 6.18 Å². The first-order valence-electron chi connectivity index (χ1n) is 10.0. The maximum atomic E-state index is 12.9. The molecular formula is C23H17F3N6O. The highest BCUT2D eigenvalue weighted by Gasteiger charge is 2.29. The van der Waals surface area contributed by atoms with E-state index in [4.69, 9.17) is 4.74 Å². The van der Waals surface area contributed by atoms with Gasteiger partial charge in [0.2, 0.25) is 0 Å². The number of nitrogens with zero attached hydrogens (tertiary/aromatic N) is 6. The highest BCUT2D eigenvalue weighted by Crippen LogP contribution is 2.32. The van der Waals surface area contributed by atoms with Crippen LogP contribution in [0.1, 0.15) is 5.82 Å². The van der Waals surface area contributed by atoms with Crippen molar-refractivity contribution in [1.82, 2.24) is 29.4 Å². The molecule has 166 valence electrons. The number of ether oxygens (including phenoxy) is 1. The molecule has 0 fully saturated rings. The molecule has 0 amide bonds. The monoisotopic (exact) mass is 450 g/mol. The van der Waals surface area contributed by atoms with E-state index in [1.165, 1.54) is 6.20 Å². The van der Waals surface area contributed by atoms with Crippen molar-refractivity contribution < 1.29 is 17.9 Å². The summed E-state index contributed by atoms with van der Waals surface area (Å²) >= 11 is 0. The van der Waals surface area contributed by atoms with Gasteiger partial charge in [-0.3, -0.25) is 9.67 Å². The molecule has 4 aromatic heterocycles. The summed E-state index contributed by atoms with van der Waals surface area (Å²) in [4.78, 5) is 8.36. The number of rotatable bonds is 6. The van der Waals surface area contributed by atoms with Crippen LogP contribution in [0, 0.1) is 0 Å². The molecule has 4 heterocycles. The molecule has 0 radical (unpaired) electrons. The van der Waals surface area contributed by atoms with Gasteiger partial charge in [-0.05, 0) is 54.1 Å². The quantitative estimate of drug-likeness (QED) is 0.372. The Morgan fingerprint density at radius 3 is 2.39 bits per heavy atom. The highest BCUT2D eigenvalue weighted by atomic mass is 19.4. The van der Waals surface area contributed by atoms with Gasteiger partial charge in [0.25, 0.3) is 0 Å². The van der Waals surface area contributed by atoms with Crippen LogP contribution in [0.2, 0.25) is 0 Å². The van der Waals surface area contributed by atoms with Gasteiger partial charge in [-0.25, -0.2) is 9.50 Å². The second kappa shape index (κ2) is 8.38. The minimum Gasteiger partial charge on any atom is -0.486 e. The van der Waals surface area contributed by atoms with Gasteiger partial charge in [0.05, 0.1) is 0 Å². The second-order valence-corrected chi connectivity index (χ2v) is 7.28. The van der Waals surface area contributed by atoms with Crippen LogP contribution in [0.3, 0.4) is 0 Å². The van der Waals surface area contributed by atoms with Gasteiger partial charge in [0.1, 0.15) is 24.6 Å². The molecule has 0 spiro atoms. The fourth-order valence-electron chi connectivity index (χ4n) is 3.44. The van der Waals surface area contributed by atoms with Crippen LogP contribution in [0.15, 0.2) is 79.4 Å². The Bertz CT molecular complexity index is 1340. The molecular weight excluding hydrogens is 433 g/mol. The Morgan fingerprint density at radius 2 is 1.67 bits per heavy atom. The molecule has 33 heavy (non-hydrogen) atoms. The molecule has 0 bridgehead atoms. The van der Waals surface area contributed by atoms with E-state index >= 15 is 0 Å². The van der Waals surface area contributed by atoms with Crippen LogP contribution in [0.5, 0.6) is 5.75 Å². The molecule has 0 saturated heterocycles.